The molecule has 0 fully saturated rings. The van der Waals surface area contributed by atoms with Crippen molar-refractivity contribution in [2.45, 2.75) is 25.5 Å². The number of carbonyl (C=O) groups excluding carboxylic acids is 1. The molecule has 0 aromatic heterocycles. The van der Waals surface area contributed by atoms with Gasteiger partial charge in [-0.15, -0.1) is 11.8 Å². The van der Waals surface area contributed by atoms with Gasteiger partial charge in [-0.05, 0) is 12.5 Å². The van der Waals surface area contributed by atoms with Crippen LogP contribution in [0.4, 0.5) is 0 Å². The van der Waals surface area contributed by atoms with E-state index >= 15 is 0 Å². The second-order valence-electron chi connectivity index (χ2n) is 5.26. The fourth-order valence-electron chi connectivity index (χ4n) is 2.82. The maximum absolute atomic E-state index is 12.4. The van der Waals surface area contributed by atoms with Crippen molar-refractivity contribution in [2.24, 2.45) is 5.92 Å². The number of rotatable bonds is 3. The lowest BCUT2D eigenvalue weighted by Gasteiger charge is -2.19. The van der Waals surface area contributed by atoms with Crippen molar-refractivity contribution >= 4 is 22.5 Å². The molecule has 1 aromatic carbocycles. The topological polar surface area (TPSA) is 17.1 Å². The van der Waals surface area contributed by atoms with E-state index in [-0.39, 0.29) is 11.7 Å². The van der Waals surface area contributed by atoms with Crippen LogP contribution in [0.2, 0.25) is 0 Å². The van der Waals surface area contributed by atoms with Crippen molar-refractivity contribution < 1.29 is 4.79 Å². The molecule has 0 bridgehead atoms. The van der Waals surface area contributed by atoms with Crippen molar-refractivity contribution in [3.63, 3.8) is 0 Å². The summed E-state index contributed by atoms with van der Waals surface area (Å²) < 4.78 is 0. The van der Waals surface area contributed by atoms with Crippen molar-refractivity contribution in [3.05, 3.63) is 65.3 Å². The van der Waals surface area contributed by atoms with Crippen molar-refractivity contribution in [1.82, 2.24) is 0 Å². The summed E-state index contributed by atoms with van der Waals surface area (Å²) in [5.74, 6) is 0.521. The Labute approximate surface area is 124 Å². The van der Waals surface area contributed by atoms with E-state index < -0.39 is 0 Å². The van der Waals surface area contributed by atoms with Gasteiger partial charge in [0.2, 0.25) is 0 Å². The fourth-order valence-corrected chi connectivity index (χ4v) is 4.40. The molecule has 3 rings (SSSR count). The van der Waals surface area contributed by atoms with Gasteiger partial charge in [-0.1, -0.05) is 61.1 Å². The molecule has 1 aliphatic heterocycles. The lowest BCUT2D eigenvalue weighted by Crippen LogP contribution is -2.17. The monoisotopic (exact) mass is 282 g/mol. The number of ketones is 1. The summed E-state index contributed by atoms with van der Waals surface area (Å²) in [6, 6.07) is 10.3. The predicted octanol–water partition coefficient (Wildman–Crippen LogP) is 4.62. The van der Waals surface area contributed by atoms with E-state index in [2.05, 4.69) is 37.3 Å². The largest absolute Gasteiger partial charge is 0.294 e. The zero-order chi connectivity index (χ0) is 14.1. The second kappa shape index (κ2) is 5.45. The molecule has 1 aromatic rings. The van der Waals surface area contributed by atoms with E-state index in [0.717, 1.165) is 5.57 Å². The fraction of sp³-hybridized carbons (Fsp3) is 0.278. The quantitative estimate of drug-likeness (QED) is 0.804. The summed E-state index contributed by atoms with van der Waals surface area (Å²) >= 11 is 1.83. The van der Waals surface area contributed by atoms with Gasteiger partial charge in [0.15, 0.2) is 5.78 Å². The van der Waals surface area contributed by atoms with Gasteiger partial charge in [0.05, 0.1) is 0 Å². The first-order chi connectivity index (χ1) is 9.70. The van der Waals surface area contributed by atoms with Crippen molar-refractivity contribution in [3.8, 4) is 0 Å². The molecule has 0 N–H and O–H groups in total. The molecule has 0 saturated heterocycles. The van der Waals surface area contributed by atoms with Gasteiger partial charge >= 0.3 is 0 Å². The molecule has 102 valence electrons. The standard InChI is InChI=1S/C18H18OS/c1-3-15(19)17-14-10-9-12(2)11-16(14)20-18(17)13-7-5-4-6-8-13/h4-11,14,16H,3H2,1-2H3. The summed E-state index contributed by atoms with van der Waals surface area (Å²) in [4.78, 5) is 13.6. The first-order valence-electron chi connectivity index (χ1n) is 7.06. The lowest BCUT2D eigenvalue weighted by molar-refractivity contribution is -0.115. The van der Waals surface area contributed by atoms with Gasteiger partial charge in [-0.2, -0.15) is 0 Å². The first kappa shape index (κ1) is 13.4. The molecule has 0 spiro atoms. The maximum atomic E-state index is 12.4. The zero-order valence-corrected chi connectivity index (χ0v) is 12.6. The summed E-state index contributed by atoms with van der Waals surface area (Å²) in [6.45, 7) is 4.07. The van der Waals surface area contributed by atoms with Crippen LogP contribution in [-0.2, 0) is 4.79 Å². The van der Waals surface area contributed by atoms with Crippen LogP contribution < -0.4 is 0 Å². The average molecular weight is 282 g/mol. The highest BCUT2D eigenvalue weighted by Crippen LogP contribution is 2.50. The number of Topliss-reactive ketones (excluding diaryl/α,β-unsaturated/α-hetero) is 1. The smallest absolute Gasteiger partial charge is 0.160 e. The number of hydrogen-bond acceptors (Lipinski definition) is 2. The van der Waals surface area contributed by atoms with Gasteiger partial charge in [0.25, 0.3) is 0 Å². The van der Waals surface area contributed by atoms with E-state index in [4.69, 9.17) is 0 Å². The van der Waals surface area contributed by atoms with Gasteiger partial charge < -0.3 is 0 Å². The molecule has 2 heteroatoms. The predicted molar refractivity (Wildman–Crippen MR) is 86.4 cm³/mol. The Balaban J connectivity index is 2.08. The minimum Gasteiger partial charge on any atom is -0.294 e. The van der Waals surface area contributed by atoms with Crippen molar-refractivity contribution in [1.29, 1.82) is 0 Å². The summed E-state index contributed by atoms with van der Waals surface area (Å²) in [7, 11) is 0. The van der Waals surface area contributed by atoms with Crippen LogP contribution in [0.25, 0.3) is 4.91 Å². The van der Waals surface area contributed by atoms with E-state index in [1.165, 1.54) is 16.0 Å². The summed E-state index contributed by atoms with van der Waals surface area (Å²) in [5, 5.41) is 0.376. The van der Waals surface area contributed by atoms with Crippen LogP contribution in [0, 0.1) is 5.92 Å². The SMILES string of the molecule is CCC(=O)C1=C(c2ccccc2)SC2C=C(C)C=CC12. The summed E-state index contributed by atoms with van der Waals surface area (Å²) in [6.07, 6.45) is 7.20. The highest BCUT2D eigenvalue weighted by molar-refractivity contribution is 8.09. The molecule has 1 aliphatic carbocycles. The third kappa shape index (κ3) is 2.29. The van der Waals surface area contributed by atoms with E-state index in [1.807, 2.05) is 36.9 Å². The normalized spacial score (nSPS) is 24.6. The minimum absolute atomic E-state index is 0.242. The summed E-state index contributed by atoms with van der Waals surface area (Å²) in [5.41, 5.74) is 3.47. The third-order valence-corrected chi connectivity index (χ3v) is 5.23. The van der Waals surface area contributed by atoms with E-state index in [1.54, 1.807) is 0 Å². The van der Waals surface area contributed by atoms with Crippen LogP contribution in [0.15, 0.2) is 59.7 Å². The molecule has 2 atom stereocenters. The number of thioether (sulfide) groups is 1. The Morgan fingerprint density at radius 1 is 1.25 bits per heavy atom. The number of allylic oxidation sites excluding steroid dienone is 4. The van der Waals surface area contributed by atoms with Crippen LogP contribution in [-0.4, -0.2) is 11.0 Å². The van der Waals surface area contributed by atoms with Crippen molar-refractivity contribution in [2.75, 3.05) is 0 Å². The molecule has 1 nitrogen and oxygen atoms in total. The molecule has 2 unspecified atom stereocenters. The third-order valence-electron chi connectivity index (χ3n) is 3.84. The molecule has 0 amide bonds. The zero-order valence-electron chi connectivity index (χ0n) is 11.8. The number of fused-ring (bicyclic) bond motifs is 1. The van der Waals surface area contributed by atoms with Gasteiger partial charge in [-0.25, -0.2) is 0 Å². The molecule has 0 radical (unpaired) electrons. The molecular formula is C18H18OS. The van der Waals surface area contributed by atoms with Gasteiger partial charge in [0, 0.05) is 28.1 Å². The van der Waals surface area contributed by atoms with Crippen LogP contribution >= 0.6 is 11.8 Å². The van der Waals surface area contributed by atoms with Crippen LogP contribution in [0.3, 0.4) is 0 Å². The Bertz CT molecular complexity index is 622. The second-order valence-corrected chi connectivity index (χ2v) is 6.45. The average Bonchev–Trinajstić information content (AvgIpc) is 2.85. The molecule has 2 aliphatic rings. The first-order valence-corrected chi connectivity index (χ1v) is 7.94. The Hall–Kier alpha value is -1.54. The van der Waals surface area contributed by atoms with Crippen LogP contribution in [0.1, 0.15) is 25.8 Å². The van der Waals surface area contributed by atoms with E-state index in [9.17, 15) is 4.79 Å². The maximum Gasteiger partial charge on any atom is 0.160 e. The van der Waals surface area contributed by atoms with Crippen LogP contribution in [0.5, 0.6) is 0 Å². The highest BCUT2D eigenvalue weighted by Gasteiger charge is 2.37. The highest BCUT2D eigenvalue weighted by atomic mass is 32.2. The Kier molecular flexibility index (Phi) is 3.66. The Morgan fingerprint density at radius 3 is 2.70 bits per heavy atom. The molecule has 1 heterocycles. The molecule has 0 saturated carbocycles. The van der Waals surface area contributed by atoms with E-state index in [0.29, 0.717) is 11.7 Å². The van der Waals surface area contributed by atoms with Gasteiger partial charge in [0.1, 0.15) is 0 Å². The number of carbonyl (C=O) groups is 1. The minimum atomic E-state index is 0.242. The number of hydrogen-bond donors (Lipinski definition) is 0. The van der Waals surface area contributed by atoms with Gasteiger partial charge in [-0.3, -0.25) is 4.79 Å². The Morgan fingerprint density at radius 2 is 2.00 bits per heavy atom. The number of benzene rings is 1. The molecular weight excluding hydrogens is 264 g/mol. The lowest BCUT2D eigenvalue weighted by atomic mass is 9.86. The molecule has 20 heavy (non-hydrogen) atoms.